The predicted molar refractivity (Wildman–Crippen MR) is 208 cm³/mol. The molecule has 0 N–H and O–H groups in total. The van der Waals surface area contributed by atoms with Crippen LogP contribution in [0.15, 0.2) is 97.6 Å². The number of aryl methyl sites for hydroxylation is 4. The lowest BCUT2D eigenvalue weighted by atomic mass is 10.1. The molecule has 0 radical (unpaired) electrons. The number of hydrogen-bond donors (Lipinski definition) is 0. The third-order valence-corrected chi connectivity index (χ3v) is 8.29. The molecule has 244 valence electrons. The fraction of sp³-hybridized carbons (Fsp3) is 0.318. The topological polar surface area (TPSA) is 7.76 Å². The summed E-state index contributed by atoms with van der Waals surface area (Å²) in [6.45, 7) is 6.21. The summed E-state index contributed by atoms with van der Waals surface area (Å²) in [5.41, 5.74) is 6.72. The van der Waals surface area contributed by atoms with Gasteiger partial charge in [-0.25, -0.2) is 9.13 Å². The molecule has 0 spiro atoms. The van der Waals surface area contributed by atoms with Crippen molar-refractivity contribution in [2.24, 2.45) is 0 Å². The second-order valence-corrected chi connectivity index (χ2v) is 12.9. The van der Waals surface area contributed by atoms with Crippen LogP contribution in [0.1, 0.15) is 84.7 Å². The van der Waals surface area contributed by atoms with Crippen molar-refractivity contribution in [3.63, 3.8) is 0 Å². The minimum Gasteiger partial charge on any atom is -0.205 e. The van der Waals surface area contributed by atoms with Crippen molar-refractivity contribution in [3.8, 4) is 47.4 Å². The molecule has 2 aromatic heterocycles. The van der Waals surface area contributed by atoms with Gasteiger partial charge in [0.2, 0.25) is 0 Å². The number of halogens is 2. The van der Waals surface area contributed by atoms with Gasteiger partial charge in [-0.05, 0) is 62.1 Å². The minimum absolute atomic E-state index is 0.885. The first-order valence-electron chi connectivity index (χ1n) is 16.8. The van der Waals surface area contributed by atoms with Gasteiger partial charge in [0.05, 0.1) is 0 Å². The SMILES string of the molecule is BrCCCC#Cc1ccccc1C#CCCCBr.Cc1cc[n+](CCCC#Cc2ccccc2C#CCCC[n+]2ccc(C)cc2)cc1. The van der Waals surface area contributed by atoms with Crippen LogP contribution in [-0.2, 0) is 13.1 Å². The van der Waals surface area contributed by atoms with Crippen molar-refractivity contribution >= 4 is 31.9 Å². The third-order valence-electron chi connectivity index (χ3n) is 7.17. The van der Waals surface area contributed by atoms with Crippen LogP contribution in [-0.4, -0.2) is 10.7 Å². The molecular formula is C44H46Br2N2+2. The molecule has 0 bridgehead atoms. The Morgan fingerprint density at radius 1 is 0.438 bits per heavy atom. The molecule has 0 amide bonds. The molecule has 4 heteroatoms. The first-order chi connectivity index (χ1) is 23.6. The molecule has 0 unspecified atom stereocenters. The zero-order chi connectivity index (χ0) is 34.1. The molecule has 0 aliphatic heterocycles. The summed E-state index contributed by atoms with van der Waals surface area (Å²) in [6.07, 6.45) is 16.4. The van der Waals surface area contributed by atoms with Crippen LogP contribution in [0.2, 0.25) is 0 Å². The number of rotatable bonds is 10. The molecule has 2 heterocycles. The lowest BCUT2D eigenvalue weighted by molar-refractivity contribution is -0.697. The van der Waals surface area contributed by atoms with Crippen molar-refractivity contribution in [1.82, 2.24) is 0 Å². The van der Waals surface area contributed by atoms with Crippen molar-refractivity contribution in [2.45, 2.75) is 78.3 Å². The second-order valence-electron chi connectivity index (χ2n) is 11.3. The standard InChI is InChI=1S/C28H30N2.C16H16Br2/c1-25-15-21-29(22-16-25)19-9-3-5-11-27-13-7-8-14-28(27)12-6-4-10-20-30-23-17-26(2)18-24-30;17-13-7-1-3-9-15-11-5-6-12-16(15)10-4-2-8-14-18/h7-8,13-18,21-24H,3-4,9-10,19-20H2,1-2H3;5-6,11-12H,1-2,7-8,13-14H2/q+2;. The quantitative estimate of drug-likeness (QED) is 0.0659. The predicted octanol–water partition coefficient (Wildman–Crippen LogP) is 9.28. The van der Waals surface area contributed by atoms with E-state index < -0.39 is 0 Å². The van der Waals surface area contributed by atoms with E-state index in [9.17, 15) is 0 Å². The fourth-order valence-corrected chi connectivity index (χ4v) is 4.97. The highest BCUT2D eigenvalue weighted by atomic mass is 79.9. The highest BCUT2D eigenvalue weighted by Gasteiger charge is 2.00. The smallest absolute Gasteiger partial charge is 0.169 e. The normalized spacial score (nSPS) is 9.58. The Labute approximate surface area is 306 Å². The molecule has 0 saturated carbocycles. The van der Waals surface area contributed by atoms with Crippen LogP contribution in [0.25, 0.3) is 0 Å². The van der Waals surface area contributed by atoms with Gasteiger partial charge in [-0.3, -0.25) is 0 Å². The van der Waals surface area contributed by atoms with Crippen LogP contribution in [0.3, 0.4) is 0 Å². The minimum atomic E-state index is 0.885. The number of pyridine rings is 2. The second kappa shape index (κ2) is 24.1. The first kappa shape index (κ1) is 38.4. The molecule has 48 heavy (non-hydrogen) atoms. The van der Waals surface area contributed by atoms with Gasteiger partial charge in [0.15, 0.2) is 24.8 Å². The van der Waals surface area contributed by atoms with Gasteiger partial charge in [0.1, 0.15) is 13.1 Å². The van der Waals surface area contributed by atoms with Gasteiger partial charge in [0, 0.05) is 95.7 Å². The number of hydrogen-bond acceptors (Lipinski definition) is 0. The number of nitrogens with zero attached hydrogens (tertiary/aromatic N) is 2. The average molecular weight is 763 g/mol. The summed E-state index contributed by atoms with van der Waals surface area (Å²) >= 11 is 6.81. The first-order valence-corrected chi connectivity index (χ1v) is 19.0. The highest BCUT2D eigenvalue weighted by Crippen LogP contribution is 2.07. The lowest BCUT2D eigenvalue weighted by Gasteiger charge is -1.96. The molecular weight excluding hydrogens is 716 g/mol. The Balaban J connectivity index is 0.000000297. The third kappa shape index (κ3) is 16.2. The number of unbranched alkanes of at least 4 members (excludes halogenated alkanes) is 4. The Morgan fingerprint density at radius 3 is 1.02 bits per heavy atom. The number of alkyl halides is 2. The Hall–Kier alpha value is -4.06. The van der Waals surface area contributed by atoms with E-state index in [0.29, 0.717) is 0 Å². The van der Waals surface area contributed by atoms with Crippen LogP contribution >= 0.6 is 31.9 Å². The summed E-state index contributed by atoms with van der Waals surface area (Å²) in [6, 6.07) is 24.8. The zero-order valence-corrected chi connectivity index (χ0v) is 31.5. The van der Waals surface area contributed by atoms with Crippen LogP contribution in [0, 0.1) is 61.2 Å². The summed E-state index contributed by atoms with van der Waals surface area (Å²) in [7, 11) is 0. The van der Waals surface area contributed by atoms with E-state index in [4.69, 9.17) is 0 Å². The summed E-state index contributed by atoms with van der Waals surface area (Å²) < 4.78 is 4.42. The fourth-order valence-electron chi connectivity index (χ4n) is 4.41. The van der Waals surface area contributed by atoms with E-state index in [1.807, 2.05) is 36.4 Å². The molecule has 0 fully saturated rings. The van der Waals surface area contributed by atoms with E-state index in [-0.39, 0.29) is 0 Å². The number of benzene rings is 2. The van der Waals surface area contributed by atoms with E-state index in [1.165, 1.54) is 11.1 Å². The van der Waals surface area contributed by atoms with E-state index in [2.05, 4.69) is 163 Å². The maximum Gasteiger partial charge on any atom is 0.169 e. The Morgan fingerprint density at radius 2 is 0.729 bits per heavy atom. The van der Waals surface area contributed by atoms with Gasteiger partial charge in [-0.2, -0.15) is 0 Å². The Bertz CT molecular complexity index is 1650. The van der Waals surface area contributed by atoms with Crippen LogP contribution < -0.4 is 9.13 Å². The lowest BCUT2D eigenvalue weighted by Crippen LogP contribution is -2.32. The van der Waals surface area contributed by atoms with Gasteiger partial charge >= 0.3 is 0 Å². The largest absolute Gasteiger partial charge is 0.205 e. The molecule has 0 aliphatic rings. The summed E-state index contributed by atoms with van der Waals surface area (Å²) in [4.78, 5) is 0. The Kier molecular flexibility index (Phi) is 19.3. The summed E-state index contributed by atoms with van der Waals surface area (Å²) in [5.74, 6) is 26.1. The maximum atomic E-state index is 3.41. The zero-order valence-electron chi connectivity index (χ0n) is 28.4. The van der Waals surface area contributed by atoms with Gasteiger partial charge in [-0.15, -0.1) is 0 Å². The molecule has 4 aromatic rings. The molecule has 2 aromatic carbocycles. The van der Waals surface area contributed by atoms with E-state index >= 15 is 0 Å². The van der Waals surface area contributed by atoms with Crippen molar-refractivity contribution in [2.75, 3.05) is 10.7 Å². The van der Waals surface area contributed by atoms with Crippen molar-refractivity contribution in [3.05, 3.63) is 131 Å². The van der Waals surface area contributed by atoms with Gasteiger partial charge < -0.3 is 0 Å². The van der Waals surface area contributed by atoms with E-state index in [0.717, 1.165) is 97.4 Å². The molecule has 0 atom stereocenters. The molecule has 0 aliphatic carbocycles. The molecule has 4 rings (SSSR count). The summed E-state index contributed by atoms with van der Waals surface area (Å²) in [5, 5.41) is 2.02. The van der Waals surface area contributed by atoms with Crippen LogP contribution in [0.4, 0.5) is 0 Å². The molecule has 0 saturated heterocycles. The monoisotopic (exact) mass is 760 g/mol. The van der Waals surface area contributed by atoms with E-state index in [1.54, 1.807) is 0 Å². The molecule has 2 nitrogen and oxygen atoms in total. The van der Waals surface area contributed by atoms with Crippen LogP contribution in [0.5, 0.6) is 0 Å². The maximum absolute atomic E-state index is 3.41. The van der Waals surface area contributed by atoms with Gasteiger partial charge in [-0.1, -0.05) is 103 Å². The van der Waals surface area contributed by atoms with Crippen molar-refractivity contribution in [1.29, 1.82) is 0 Å². The van der Waals surface area contributed by atoms with Gasteiger partial charge in [0.25, 0.3) is 0 Å². The highest BCUT2D eigenvalue weighted by molar-refractivity contribution is 9.09. The average Bonchev–Trinajstić information content (AvgIpc) is 3.11. The van der Waals surface area contributed by atoms with Crippen molar-refractivity contribution < 1.29 is 9.13 Å². The number of aromatic nitrogens is 2.